The topological polar surface area (TPSA) is 54.5 Å². The third-order valence-corrected chi connectivity index (χ3v) is 3.09. The lowest BCUT2D eigenvalue weighted by molar-refractivity contribution is 0.368. The molecule has 2 heterocycles. The first-order valence-corrected chi connectivity index (χ1v) is 5.16. The van der Waals surface area contributed by atoms with Crippen molar-refractivity contribution in [2.45, 2.75) is 13.0 Å². The first-order chi connectivity index (χ1) is 6.33. The van der Waals surface area contributed by atoms with Gasteiger partial charge in [0.15, 0.2) is 5.96 Å². The summed E-state index contributed by atoms with van der Waals surface area (Å²) in [5, 5.41) is 0. The van der Waals surface area contributed by atoms with Crippen LogP contribution < -0.4 is 5.73 Å². The van der Waals surface area contributed by atoms with Crippen molar-refractivity contribution in [3.8, 4) is 0 Å². The Labute approximate surface area is 81.1 Å². The molecule has 0 aromatic carbocycles. The number of rotatable bonds is 2. The fraction of sp³-hybridized carbons (Fsp3) is 0.500. The first-order valence-electron chi connectivity index (χ1n) is 4.28. The van der Waals surface area contributed by atoms with Gasteiger partial charge in [-0.05, 0) is 6.92 Å². The van der Waals surface area contributed by atoms with Crippen LogP contribution in [0.3, 0.4) is 0 Å². The minimum Gasteiger partial charge on any atom is -0.370 e. The zero-order valence-electron chi connectivity index (χ0n) is 7.47. The van der Waals surface area contributed by atoms with Gasteiger partial charge in [0.2, 0.25) is 0 Å². The van der Waals surface area contributed by atoms with Crippen molar-refractivity contribution >= 4 is 17.3 Å². The Balaban J connectivity index is 2.19. The van der Waals surface area contributed by atoms with Crippen LogP contribution in [-0.4, -0.2) is 28.9 Å². The predicted octanol–water partition coefficient (Wildman–Crippen LogP) is 0.834. The van der Waals surface area contributed by atoms with Crippen molar-refractivity contribution in [2.75, 3.05) is 13.1 Å². The van der Waals surface area contributed by atoms with E-state index in [1.165, 1.54) is 4.88 Å². The number of nitrogens with zero attached hydrogens (tertiary/aromatic N) is 3. The Morgan fingerprint density at radius 2 is 2.62 bits per heavy atom. The van der Waals surface area contributed by atoms with Crippen LogP contribution in [0.5, 0.6) is 0 Å². The molecule has 1 aliphatic heterocycles. The molecule has 0 spiro atoms. The van der Waals surface area contributed by atoms with Crippen molar-refractivity contribution in [1.82, 2.24) is 9.88 Å². The van der Waals surface area contributed by atoms with E-state index in [0.717, 1.165) is 13.1 Å². The predicted molar refractivity (Wildman–Crippen MR) is 53.7 cm³/mol. The largest absolute Gasteiger partial charge is 0.370 e. The lowest BCUT2D eigenvalue weighted by Gasteiger charge is -2.23. The van der Waals surface area contributed by atoms with E-state index in [9.17, 15) is 0 Å². The van der Waals surface area contributed by atoms with Gasteiger partial charge in [-0.25, -0.2) is 0 Å². The van der Waals surface area contributed by atoms with Crippen molar-refractivity contribution in [3.63, 3.8) is 0 Å². The van der Waals surface area contributed by atoms with E-state index < -0.39 is 0 Å². The quantitative estimate of drug-likeness (QED) is 0.762. The number of nitrogens with two attached hydrogens (primary N) is 1. The molecule has 1 aromatic rings. The van der Waals surface area contributed by atoms with E-state index in [4.69, 9.17) is 5.73 Å². The number of likely N-dealkylation sites (N-methyl/N-ethyl adjacent to an activating group) is 1. The first kappa shape index (κ1) is 8.50. The summed E-state index contributed by atoms with van der Waals surface area (Å²) in [5.74, 6) is 0.654. The van der Waals surface area contributed by atoms with Crippen molar-refractivity contribution in [2.24, 2.45) is 10.7 Å². The summed E-state index contributed by atoms with van der Waals surface area (Å²) in [6.45, 7) is 3.75. The molecule has 1 aliphatic rings. The molecule has 2 N–H and O–H groups in total. The molecule has 0 radical (unpaired) electrons. The van der Waals surface area contributed by atoms with Crippen LogP contribution >= 0.6 is 11.3 Å². The summed E-state index contributed by atoms with van der Waals surface area (Å²) in [6.07, 6.45) is 1.89. The van der Waals surface area contributed by atoms with E-state index in [0.29, 0.717) is 12.0 Å². The maximum atomic E-state index is 5.75. The lowest BCUT2D eigenvalue weighted by Crippen LogP contribution is -2.35. The minimum absolute atomic E-state index is 0.317. The summed E-state index contributed by atoms with van der Waals surface area (Å²) in [7, 11) is 0. The second-order valence-electron chi connectivity index (χ2n) is 2.90. The van der Waals surface area contributed by atoms with Gasteiger partial charge in [0.1, 0.15) is 0 Å². The van der Waals surface area contributed by atoms with Gasteiger partial charge in [0.05, 0.1) is 18.1 Å². The molecule has 0 aliphatic carbocycles. The molecule has 0 bridgehead atoms. The Morgan fingerprint density at radius 1 is 1.77 bits per heavy atom. The molecule has 70 valence electrons. The third-order valence-electron chi connectivity index (χ3n) is 2.22. The van der Waals surface area contributed by atoms with Crippen LogP contribution in [0.2, 0.25) is 0 Å². The van der Waals surface area contributed by atoms with Gasteiger partial charge < -0.3 is 10.6 Å². The molecule has 2 rings (SSSR count). The molecule has 1 atom stereocenters. The van der Waals surface area contributed by atoms with Gasteiger partial charge in [-0.1, -0.05) is 0 Å². The molecular weight excluding hydrogens is 184 g/mol. The molecular formula is C8H12N4S. The average molecular weight is 196 g/mol. The maximum absolute atomic E-state index is 5.75. The van der Waals surface area contributed by atoms with Gasteiger partial charge in [-0.15, -0.1) is 11.3 Å². The molecule has 0 saturated heterocycles. The number of thiazole rings is 1. The Hall–Kier alpha value is -1.10. The van der Waals surface area contributed by atoms with Crippen LogP contribution in [-0.2, 0) is 0 Å². The highest BCUT2D eigenvalue weighted by molar-refractivity contribution is 7.09. The van der Waals surface area contributed by atoms with Crippen LogP contribution in [0.25, 0.3) is 0 Å². The minimum atomic E-state index is 0.317. The van der Waals surface area contributed by atoms with E-state index in [1.54, 1.807) is 11.3 Å². The Morgan fingerprint density at radius 3 is 3.23 bits per heavy atom. The molecule has 0 fully saturated rings. The summed E-state index contributed by atoms with van der Waals surface area (Å²) in [6, 6.07) is 0.317. The fourth-order valence-corrected chi connectivity index (χ4v) is 2.27. The molecule has 0 amide bonds. The number of aromatic nitrogens is 1. The summed E-state index contributed by atoms with van der Waals surface area (Å²) < 4.78 is 0. The second kappa shape index (κ2) is 3.33. The molecule has 4 nitrogen and oxygen atoms in total. The highest BCUT2D eigenvalue weighted by Crippen LogP contribution is 2.27. The van der Waals surface area contributed by atoms with E-state index >= 15 is 0 Å². The Kier molecular flexibility index (Phi) is 2.18. The molecule has 5 heteroatoms. The second-order valence-corrected chi connectivity index (χ2v) is 3.82. The molecule has 0 saturated carbocycles. The molecule has 1 unspecified atom stereocenters. The van der Waals surface area contributed by atoms with E-state index in [2.05, 4.69) is 21.8 Å². The van der Waals surface area contributed by atoms with Crippen molar-refractivity contribution < 1.29 is 0 Å². The van der Waals surface area contributed by atoms with Gasteiger partial charge in [0.25, 0.3) is 0 Å². The average Bonchev–Trinajstić information content (AvgIpc) is 2.71. The third kappa shape index (κ3) is 1.39. The zero-order chi connectivity index (χ0) is 9.26. The van der Waals surface area contributed by atoms with E-state index in [-0.39, 0.29) is 0 Å². The summed E-state index contributed by atoms with van der Waals surface area (Å²) >= 11 is 1.66. The number of guanidine groups is 1. The fourth-order valence-electron chi connectivity index (χ4n) is 1.55. The monoisotopic (exact) mass is 196 g/mol. The van der Waals surface area contributed by atoms with Gasteiger partial charge in [0, 0.05) is 17.6 Å². The van der Waals surface area contributed by atoms with Crippen LogP contribution in [0, 0.1) is 0 Å². The van der Waals surface area contributed by atoms with E-state index in [1.807, 2.05) is 11.7 Å². The SMILES string of the molecule is CCN1C(N)=NCC1c1cncs1. The van der Waals surface area contributed by atoms with Crippen LogP contribution in [0.4, 0.5) is 0 Å². The van der Waals surface area contributed by atoms with Crippen molar-refractivity contribution in [1.29, 1.82) is 0 Å². The molecule has 1 aromatic heterocycles. The number of hydrogen-bond donors (Lipinski definition) is 1. The number of hydrogen-bond acceptors (Lipinski definition) is 5. The highest BCUT2D eigenvalue weighted by atomic mass is 32.1. The normalized spacial score (nSPS) is 22.1. The zero-order valence-corrected chi connectivity index (χ0v) is 8.29. The molecule has 13 heavy (non-hydrogen) atoms. The Bertz CT molecular complexity index is 306. The van der Waals surface area contributed by atoms with Gasteiger partial charge in [-0.2, -0.15) is 0 Å². The van der Waals surface area contributed by atoms with Crippen LogP contribution in [0.1, 0.15) is 17.8 Å². The highest BCUT2D eigenvalue weighted by Gasteiger charge is 2.26. The summed E-state index contributed by atoms with van der Waals surface area (Å²) in [5.41, 5.74) is 7.59. The summed E-state index contributed by atoms with van der Waals surface area (Å²) in [4.78, 5) is 11.6. The van der Waals surface area contributed by atoms with Gasteiger partial charge >= 0.3 is 0 Å². The van der Waals surface area contributed by atoms with Crippen molar-refractivity contribution in [3.05, 3.63) is 16.6 Å². The lowest BCUT2D eigenvalue weighted by atomic mass is 10.2. The number of aliphatic imine (C=N–C) groups is 1. The standard InChI is InChI=1S/C8H12N4S/c1-2-12-6(3-11-8(12)9)7-4-10-5-13-7/h4-6H,2-3H2,1H3,(H2,9,11). The maximum Gasteiger partial charge on any atom is 0.191 e. The smallest absolute Gasteiger partial charge is 0.191 e. The van der Waals surface area contributed by atoms with Gasteiger partial charge in [-0.3, -0.25) is 9.98 Å². The van der Waals surface area contributed by atoms with Crippen LogP contribution in [0.15, 0.2) is 16.7 Å².